The lowest BCUT2D eigenvalue weighted by molar-refractivity contribution is 0.242. The molecule has 110 valence electrons. The topological polar surface area (TPSA) is 67.2 Å². The van der Waals surface area contributed by atoms with Crippen molar-refractivity contribution in [1.82, 2.24) is 15.6 Å². The van der Waals surface area contributed by atoms with E-state index in [0.29, 0.717) is 25.4 Å². The van der Waals surface area contributed by atoms with Gasteiger partial charge in [0.1, 0.15) is 6.26 Å². The number of benzene rings is 1. The molecule has 2 N–H and O–H groups in total. The molecule has 1 aromatic heterocycles. The van der Waals surface area contributed by atoms with Gasteiger partial charge in [-0.25, -0.2) is 9.78 Å². The largest absolute Gasteiger partial charge is 0.444 e. The first kappa shape index (κ1) is 14.8. The van der Waals surface area contributed by atoms with Crippen LogP contribution in [0.1, 0.15) is 11.3 Å². The number of carbonyl (C=O) groups is 1. The van der Waals surface area contributed by atoms with E-state index in [1.54, 1.807) is 12.3 Å². The zero-order chi connectivity index (χ0) is 15.1. The third-order valence-electron chi connectivity index (χ3n) is 2.92. The van der Waals surface area contributed by atoms with E-state index in [9.17, 15) is 4.79 Å². The number of hydrogen-bond donors (Lipinski definition) is 2. The fraction of sp³-hybridized carbons (Fsp3) is 0.250. The molecular weight excluding hydrogens is 266 g/mol. The molecule has 0 unspecified atom stereocenters. The molecule has 0 atom stereocenters. The molecule has 0 radical (unpaired) electrons. The lowest BCUT2D eigenvalue weighted by Crippen LogP contribution is -2.36. The Kier molecular flexibility index (Phi) is 5.15. The summed E-state index contributed by atoms with van der Waals surface area (Å²) in [5, 5.41) is 5.39. The molecule has 5 heteroatoms. The van der Waals surface area contributed by atoms with Crippen LogP contribution in [0.15, 0.2) is 47.6 Å². The molecule has 0 saturated heterocycles. The van der Waals surface area contributed by atoms with Gasteiger partial charge in [0.25, 0.3) is 0 Å². The van der Waals surface area contributed by atoms with Crippen molar-refractivity contribution < 1.29 is 9.21 Å². The normalized spacial score (nSPS) is 10.1. The summed E-state index contributed by atoms with van der Waals surface area (Å²) in [4.78, 5) is 15.8. The fourth-order valence-electron chi connectivity index (χ4n) is 1.78. The molecule has 1 aromatic carbocycles. The highest BCUT2D eigenvalue weighted by Gasteiger charge is 2.07. The molecule has 2 aromatic rings. The van der Waals surface area contributed by atoms with Gasteiger partial charge in [-0.3, -0.25) is 0 Å². The minimum Gasteiger partial charge on any atom is -0.444 e. The number of urea groups is 1. The van der Waals surface area contributed by atoms with Crippen LogP contribution in [-0.4, -0.2) is 24.1 Å². The van der Waals surface area contributed by atoms with Crippen LogP contribution in [0.25, 0.3) is 11.5 Å². The average Bonchev–Trinajstić information content (AvgIpc) is 2.95. The van der Waals surface area contributed by atoms with Gasteiger partial charge in [0.15, 0.2) is 0 Å². The monoisotopic (exact) mass is 285 g/mol. The number of aromatic nitrogens is 1. The van der Waals surface area contributed by atoms with Crippen molar-refractivity contribution in [3.63, 3.8) is 0 Å². The van der Waals surface area contributed by atoms with Crippen LogP contribution >= 0.6 is 0 Å². The van der Waals surface area contributed by atoms with Crippen molar-refractivity contribution in [2.24, 2.45) is 0 Å². The molecule has 1 heterocycles. The summed E-state index contributed by atoms with van der Waals surface area (Å²) in [7, 11) is 0. The summed E-state index contributed by atoms with van der Waals surface area (Å²) in [6.45, 7) is 6.52. The van der Waals surface area contributed by atoms with Crippen molar-refractivity contribution in [2.45, 2.75) is 13.3 Å². The molecule has 21 heavy (non-hydrogen) atoms. The first-order chi connectivity index (χ1) is 10.2. The van der Waals surface area contributed by atoms with E-state index >= 15 is 0 Å². The lowest BCUT2D eigenvalue weighted by Gasteiger charge is -2.03. The lowest BCUT2D eigenvalue weighted by atomic mass is 10.1. The Morgan fingerprint density at radius 1 is 1.33 bits per heavy atom. The molecule has 0 spiro atoms. The predicted octanol–water partition coefficient (Wildman–Crippen LogP) is 2.68. The highest BCUT2D eigenvalue weighted by atomic mass is 16.3. The molecule has 0 aliphatic rings. The van der Waals surface area contributed by atoms with Gasteiger partial charge in [0, 0.05) is 25.1 Å². The number of aryl methyl sites for hydroxylation is 1. The SMILES string of the molecule is C=CCNC(=O)NCCc1coc(-c2ccc(C)cc2)n1. The number of oxazole rings is 1. The first-order valence-electron chi connectivity index (χ1n) is 6.83. The minimum absolute atomic E-state index is 0.211. The number of amides is 2. The Balaban J connectivity index is 1.84. The molecule has 0 fully saturated rings. The standard InChI is InChI=1S/C16H19N3O2/c1-3-9-17-16(20)18-10-8-14-11-21-15(19-14)13-6-4-12(2)5-7-13/h3-7,11H,1,8-10H2,2H3,(H2,17,18,20). The fourth-order valence-corrected chi connectivity index (χ4v) is 1.78. The van der Waals surface area contributed by atoms with E-state index in [4.69, 9.17) is 4.42 Å². The quantitative estimate of drug-likeness (QED) is 0.802. The van der Waals surface area contributed by atoms with Crippen molar-refractivity contribution in [3.05, 3.63) is 54.4 Å². The summed E-state index contributed by atoms with van der Waals surface area (Å²) in [6.07, 6.45) is 3.88. The number of nitrogens with zero attached hydrogens (tertiary/aromatic N) is 1. The van der Waals surface area contributed by atoms with Crippen molar-refractivity contribution in [2.75, 3.05) is 13.1 Å². The van der Waals surface area contributed by atoms with Gasteiger partial charge in [-0.05, 0) is 19.1 Å². The Hall–Kier alpha value is -2.56. The molecule has 0 saturated carbocycles. The van der Waals surface area contributed by atoms with Gasteiger partial charge in [0.2, 0.25) is 5.89 Å². The number of hydrogen-bond acceptors (Lipinski definition) is 3. The molecule has 2 amide bonds. The zero-order valence-electron chi connectivity index (χ0n) is 12.1. The summed E-state index contributed by atoms with van der Waals surface area (Å²) in [6, 6.07) is 7.78. The third kappa shape index (κ3) is 4.49. The van der Waals surface area contributed by atoms with E-state index in [-0.39, 0.29) is 6.03 Å². The zero-order valence-corrected chi connectivity index (χ0v) is 12.1. The third-order valence-corrected chi connectivity index (χ3v) is 2.92. The predicted molar refractivity (Wildman–Crippen MR) is 82.0 cm³/mol. The number of carbonyl (C=O) groups excluding carboxylic acids is 1. The van der Waals surface area contributed by atoms with Crippen LogP contribution in [0.2, 0.25) is 0 Å². The maximum atomic E-state index is 11.3. The van der Waals surface area contributed by atoms with Crippen LogP contribution in [0.3, 0.4) is 0 Å². The molecule has 0 bridgehead atoms. The first-order valence-corrected chi connectivity index (χ1v) is 6.83. The maximum absolute atomic E-state index is 11.3. The molecule has 0 aliphatic carbocycles. The number of nitrogens with one attached hydrogen (secondary N) is 2. The van der Waals surface area contributed by atoms with Crippen LogP contribution in [0.5, 0.6) is 0 Å². The van der Waals surface area contributed by atoms with Gasteiger partial charge >= 0.3 is 6.03 Å². The maximum Gasteiger partial charge on any atom is 0.315 e. The van der Waals surface area contributed by atoms with E-state index < -0.39 is 0 Å². The molecule has 0 aliphatic heterocycles. The molecular formula is C16H19N3O2. The minimum atomic E-state index is -0.211. The van der Waals surface area contributed by atoms with Crippen molar-refractivity contribution in [1.29, 1.82) is 0 Å². The van der Waals surface area contributed by atoms with Crippen molar-refractivity contribution >= 4 is 6.03 Å². The average molecular weight is 285 g/mol. The van der Waals surface area contributed by atoms with Gasteiger partial charge in [0.05, 0.1) is 5.69 Å². The number of rotatable bonds is 6. The second-order valence-electron chi connectivity index (χ2n) is 4.69. The summed E-state index contributed by atoms with van der Waals surface area (Å²) in [5.74, 6) is 0.598. The van der Waals surface area contributed by atoms with E-state index in [1.807, 2.05) is 31.2 Å². The second-order valence-corrected chi connectivity index (χ2v) is 4.69. The van der Waals surface area contributed by atoms with Crippen molar-refractivity contribution in [3.8, 4) is 11.5 Å². The Morgan fingerprint density at radius 3 is 2.81 bits per heavy atom. The molecule has 2 rings (SSSR count). The highest BCUT2D eigenvalue weighted by Crippen LogP contribution is 2.19. The van der Waals surface area contributed by atoms with Gasteiger partial charge in [-0.1, -0.05) is 23.8 Å². The Labute approximate surface area is 124 Å². The Morgan fingerprint density at radius 2 is 2.10 bits per heavy atom. The van der Waals surface area contributed by atoms with Gasteiger partial charge < -0.3 is 15.1 Å². The van der Waals surface area contributed by atoms with E-state index in [0.717, 1.165) is 11.3 Å². The van der Waals surface area contributed by atoms with Gasteiger partial charge in [-0.2, -0.15) is 0 Å². The summed E-state index contributed by atoms with van der Waals surface area (Å²) >= 11 is 0. The summed E-state index contributed by atoms with van der Waals surface area (Å²) in [5.41, 5.74) is 2.96. The van der Waals surface area contributed by atoms with Crippen LogP contribution in [0, 0.1) is 6.92 Å². The van der Waals surface area contributed by atoms with E-state index in [2.05, 4.69) is 22.2 Å². The Bertz CT molecular complexity index is 602. The smallest absolute Gasteiger partial charge is 0.315 e. The van der Waals surface area contributed by atoms with Gasteiger partial charge in [-0.15, -0.1) is 6.58 Å². The van der Waals surface area contributed by atoms with E-state index in [1.165, 1.54) is 5.56 Å². The second kappa shape index (κ2) is 7.28. The highest BCUT2D eigenvalue weighted by molar-refractivity contribution is 5.73. The molecule has 5 nitrogen and oxygen atoms in total. The summed E-state index contributed by atoms with van der Waals surface area (Å²) < 4.78 is 5.46. The van der Waals surface area contributed by atoms with Crippen LogP contribution in [0.4, 0.5) is 4.79 Å². The van der Waals surface area contributed by atoms with Crippen LogP contribution < -0.4 is 10.6 Å². The van der Waals surface area contributed by atoms with Crippen LogP contribution in [-0.2, 0) is 6.42 Å².